The summed E-state index contributed by atoms with van der Waals surface area (Å²) in [5.41, 5.74) is 0. The first kappa shape index (κ1) is 10.6. The molecule has 95 valence electrons. The van der Waals surface area contributed by atoms with E-state index in [1.165, 1.54) is 0 Å². The molecule has 4 rings (SSSR count). The van der Waals surface area contributed by atoms with Gasteiger partial charge in [-0.15, -0.1) is 0 Å². The number of hydrogen-bond donors (Lipinski definition) is 0. The van der Waals surface area contributed by atoms with Crippen molar-refractivity contribution in [1.82, 2.24) is 0 Å². The molecular formula is C15H11O4. The molecule has 0 saturated carbocycles. The average Bonchev–Trinajstić information content (AvgIpc) is 2.90. The maximum atomic E-state index is 5.79. The van der Waals surface area contributed by atoms with E-state index in [0.717, 1.165) is 17.2 Å². The van der Waals surface area contributed by atoms with E-state index in [1.807, 2.05) is 48.5 Å². The molecule has 19 heavy (non-hydrogen) atoms. The van der Waals surface area contributed by atoms with Crippen LogP contribution in [0.5, 0.6) is 23.0 Å². The third-order valence-corrected chi connectivity index (χ3v) is 3.04. The molecule has 0 unspecified atom stereocenters. The highest BCUT2D eigenvalue weighted by Gasteiger charge is 2.38. The number of para-hydroxylation sites is 4. The number of ether oxygens (including phenoxy) is 4. The van der Waals surface area contributed by atoms with Crippen molar-refractivity contribution in [2.75, 3.05) is 6.61 Å². The third kappa shape index (κ3) is 1.76. The highest BCUT2D eigenvalue weighted by atomic mass is 16.7. The Bertz CT molecular complexity index is 586. The third-order valence-electron chi connectivity index (χ3n) is 3.04. The second-order valence-corrected chi connectivity index (χ2v) is 4.32. The summed E-state index contributed by atoms with van der Waals surface area (Å²) in [6.07, 6.45) is 0.0701. The van der Waals surface area contributed by atoms with Crippen LogP contribution in [0.3, 0.4) is 0 Å². The van der Waals surface area contributed by atoms with Gasteiger partial charge in [-0.05, 0) is 24.3 Å². The highest BCUT2D eigenvalue weighted by molar-refractivity contribution is 5.44. The van der Waals surface area contributed by atoms with Crippen molar-refractivity contribution in [2.45, 2.75) is 6.29 Å². The molecule has 0 N–H and O–H groups in total. The van der Waals surface area contributed by atoms with Gasteiger partial charge in [0.05, 0.1) is 0 Å². The van der Waals surface area contributed by atoms with Gasteiger partial charge in [0, 0.05) is 0 Å². The molecule has 1 radical (unpaired) electrons. The molecule has 2 aromatic carbocycles. The van der Waals surface area contributed by atoms with E-state index in [-0.39, 0.29) is 0 Å². The number of fused-ring (bicyclic) bond motifs is 2. The lowest BCUT2D eigenvalue weighted by Gasteiger charge is -2.27. The lowest BCUT2D eigenvalue weighted by atomic mass is 10.2. The van der Waals surface area contributed by atoms with Gasteiger partial charge in [0.25, 0.3) is 12.4 Å². The molecule has 0 amide bonds. The minimum atomic E-state index is -0.550. The summed E-state index contributed by atoms with van der Waals surface area (Å²) in [4.78, 5) is 0. The van der Waals surface area contributed by atoms with Gasteiger partial charge < -0.3 is 18.9 Å². The summed E-state index contributed by atoms with van der Waals surface area (Å²) in [6.45, 7) is 0.329. The predicted molar refractivity (Wildman–Crippen MR) is 67.3 cm³/mol. The number of benzene rings is 2. The Morgan fingerprint density at radius 1 is 0.737 bits per heavy atom. The van der Waals surface area contributed by atoms with Crippen LogP contribution in [0.15, 0.2) is 48.5 Å². The summed E-state index contributed by atoms with van der Waals surface area (Å²) >= 11 is 0. The fraction of sp³-hybridized carbons (Fsp3) is 0.133. The molecule has 0 saturated heterocycles. The summed E-state index contributed by atoms with van der Waals surface area (Å²) in [7, 11) is 0. The van der Waals surface area contributed by atoms with Gasteiger partial charge in [-0.3, -0.25) is 0 Å². The highest BCUT2D eigenvalue weighted by Crippen LogP contribution is 2.40. The van der Waals surface area contributed by atoms with Crippen LogP contribution in [-0.2, 0) is 0 Å². The van der Waals surface area contributed by atoms with E-state index in [4.69, 9.17) is 18.9 Å². The minimum absolute atomic E-state index is 0.329. The first-order valence-corrected chi connectivity index (χ1v) is 6.08. The molecule has 0 fully saturated rings. The van der Waals surface area contributed by atoms with E-state index in [0.29, 0.717) is 18.5 Å². The molecule has 0 bridgehead atoms. The van der Waals surface area contributed by atoms with Crippen LogP contribution >= 0.6 is 0 Å². The van der Waals surface area contributed by atoms with Gasteiger partial charge in [0.15, 0.2) is 23.0 Å². The maximum Gasteiger partial charge on any atom is 0.288 e. The molecule has 0 aromatic heterocycles. The van der Waals surface area contributed by atoms with Gasteiger partial charge in [0.1, 0.15) is 6.61 Å². The maximum absolute atomic E-state index is 5.79. The Morgan fingerprint density at radius 3 is 2.00 bits per heavy atom. The fourth-order valence-electron chi connectivity index (χ4n) is 2.12. The van der Waals surface area contributed by atoms with Crippen LogP contribution in [0.1, 0.15) is 0 Å². The Hall–Kier alpha value is -2.36. The summed E-state index contributed by atoms with van der Waals surface area (Å²) in [6, 6.07) is 15.1. The predicted octanol–water partition coefficient (Wildman–Crippen LogP) is 2.79. The topological polar surface area (TPSA) is 36.9 Å². The van der Waals surface area contributed by atoms with E-state index in [2.05, 4.69) is 0 Å². The second-order valence-electron chi connectivity index (χ2n) is 4.32. The summed E-state index contributed by atoms with van der Waals surface area (Å²) in [5.74, 6) is 2.87. The van der Waals surface area contributed by atoms with Crippen molar-refractivity contribution >= 4 is 0 Å². The molecule has 2 aromatic rings. The quantitative estimate of drug-likeness (QED) is 0.785. The zero-order chi connectivity index (χ0) is 12.7. The molecule has 2 aliphatic heterocycles. The Morgan fingerprint density at radius 2 is 1.32 bits per heavy atom. The molecule has 0 atom stereocenters. The van der Waals surface area contributed by atoms with E-state index < -0.39 is 6.29 Å². The zero-order valence-electron chi connectivity index (χ0n) is 10.0. The molecule has 2 aliphatic rings. The van der Waals surface area contributed by atoms with Crippen molar-refractivity contribution in [1.29, 1.82) is 0 Å². The van der Waals surface area contributed by atoms with Crippen LogP contribution in [0.25, 0.3) is 0 Å². The molecular weight excluding hydrogens is 244 g/mol. The second kappa shape index (κ2) is 4.09. The van der Waals surface area contributed by atoms with Crippen molar-refractivity contribution in [3.05, 3.63) is 54.6 Å². The van der Waals surface area contributed by atoms with Crippen LogP contribution in [0.2, 0.25) is 0 Å². The van der Waals surface area contributed by atoms with E-state index in [9.17, 15) is 0 Å². The molecule has 4 nitrogen and oxygen atoms in total. The zero-order valence-corrected chi connectivity index (χ0v) is 10.0. The minimum Gasteiger partial charge on any atom is -0.485 e. The van der Waals surface area contributed by atoms with Gasteiger partial charge in [-0.1, -0.05) is 24.3 Å². The number of rotatable bonds is 1. The standard InChI is InChI=1S/C15H11O4/c1-2-6-11-10(5-1)16-9-14(17-11)15-18-12-7-3-4-8-13(12)19-15/h1-8,15H,9H2. The SMILES string of the molecule is c1ccc2c(c1)OC[C](C1Oc3ccccc3O1)O2. The largest absolute Gasteiger partial charge is 0.485 e. The van der Waals surface area contributed by atoms with Crippen molar-refractivity contribution in [2.24, 2.45) is 0 Å². The number of hydrogen-bond acceptors (Lipinski definition) is 4. The van der Waals surface area contributed by atoms with Crippen molar-refractivity contribution in [3.8, 4) is 23.0 Å². The van der Waals surface area contributed by atoms with E-state index in [1.54, 1.807) is 0 Å². The van der Waals surface area contributed by atoms with Crippen LogP contribution in [-0.4, -0.2) is 12.9 Å². The van der Waals surface area contributed by atoms with Crippen molar-refractivity contribution < 1.29 is 18.9 Å². The normalized spacial score (nSPS) is 17.5. The summed E-state index contributed by atoms with van der Waals surface area (Å²) < 4.78 is 22.8. The van der Waals surface area contributed by atoms with Gasteiger partial charge in [-0.2, -0.15) is 0 Å². The molecule has 2 heterocycles. The lowest BCUT2D eigenvalue weighted by molar-refractivity contribution is -0.0133. The van der Waals surface area contributed by atoms with Crippen LogP contribution in [0.4, 0.5) is 0 Å². The molecule has 4 heteroatoms. The van der Waals surface area contributed by atoms with Crippen LogP contribution < -0.4 is 18.9 Å². The van der Waals surface area contributed by atoms with Crippen molar-refractivity contribution in [3.63, 3.8) is 0 Å². The monoisotopic (exact) mass is 255 g/mol. The average molecular weight is 255 g/mol. The first-order chi connectivity index (χ1) is 9.40. The first-order valence-electron chi connectivity index (χ1n) is 6.08. The Labute approximate surface area is 110 Å². The van der Waals surface area contributed by atoms with Crippen LogP contribution in [0, 0.1) is 6.10 Å². The Kier molecular flexibility index (Phi) is 2.27. The van der Waals surface area contributed by atoms with Gasteiger partial charge in [-0.25, -0.2) is 0 Å². The van der Waals surface area contributed by atoms with E-state index >= 15 is 0 Å². The smallest absolute Gasteiger partial charge is 0.288 e. The van der Waals surface area contributed by atoms with Gasteiger partial charge in [0.2, 0.25) is 0 Å². The molecule has 0 aliphatic carbocycles. The lowest BCUT2D eigenvalue weighted by Crippen LogP contribution is -2.37. The Balaban J connectivity index is 1.54. The fourth-order valence-corrected chi connectivity index (χ4v) is 2.12. The van der Waals surface area contributed by atoms with Gasteiger partial charge >= 0.3 is 0 Å². The molecule has 0 spiro atoms. The summed E-state index contributed by atoms with van der Waals surface area (Å²) in [5, 5.41) is 0.